The fourth-order valence-corrected chi connectivity index (χ4v) is 3.82. The number of nitrogens with zero attached hydrogens (tertiary/aromatic N) is 3. The molecule has 7 nitrogen and oxygen atoms in total. The molecule has 2 N–H and O–H groups in total. The van der Waals surface area contributed by atoms with Gasteiger partial charge in [-0.2, -0.15) is 0 Å². The molecule has 7 heteroatoms. The Bertz CT molecular complexity index is 1040. The van der Waals surface area contributed by atoms with Gasteiger partial charge in [0.25, 0.3) is 0 Å². The van der Waals surface area contributed by atoms with Gasteiger partial charge in [0.15, 0.2) is 0 Å². The lowest BCUT2D eigenvalue weighted by Gasteiger charge is -2.27. The highest BCUT2D eigenvalue weighted by Crippen LogP contribution is 2.38. The molecule has 29 heavy (non-hydrogen) atoms. The third-order valence-corrected chi connectivity index (χ3v) is 5.05. The highest BCUT2D eigenvalue weighted by Gasteiger charge is 2.26. The van der Waals surface area contributed by atoms with E-state index in [9.17, 15) is 4.79 Å². The summed E-state index contributed by atoms with van der Waals surface area (Å²) in [5.74, 6) is 0.871. The largest absolute Gasteiger partial charge is 0.493 e. The first-order chi connectivity index (χ1) is 14.0. The van der Waals surface area contributed by atoms with E-state index in [0.29, 0.717) is 6.61 Å². The molecule has 3 aromatic rings. The van der Waals surface area contributed by atoms with Gasteiger partial charge in [0.2, 0.25) is 5.91 Å². The summed E-state index contributed by atoms with van der Waals surface area (Å²) in [6.45, 7) is 5.10. The molecule has 2 aromatic carbocycles. The number of hydrogen-bond donors (Lipinski definition) is 2. The van der Waals surface area contributed by atoms with Gasteiger partial charge in [0.1, 0.15) is 11.4 Å². The second-order valence-electron chi connectivity index (χ2n) is 7.40. The smallest absolute Gasteiger partial charge is 0.238 e. The quantitative estimate of drug-likeness (QED) is 0.699. The number of carbonyl (C=O) groups excluding carboxylic acids is 1. The standard InChI is InChI=1S/C22H25N5O2/c1-14-9-15(2)22-18(10-14)20(7-8-29-22)27-13-19(25-26-27)16-5-4-6-17(11-16)24-21(28)12-23-3/h4-6,9-11,13,20,23H,7-8,12H2,1-3H3,(H,24,28)/t20-/m1/s1. The van der Waals surface area contributed by atoms with Gasteiger partial charge in [0, 0.05) is 23.2 Å². The summed E-state index contributed by atoms with van der Waals surface area (Å²) in [7, 11) is 1.74. The van der Waals surface area contributed by atoms with Crippen molar-refractivity contribution in [1.82, 2.24) is 20.3 Å². The van der Waals surface area contributed by atoms with E-state index in [4.69, 9.17) is 4.74 Å². The van der Waals surface area contributed by atoms with E-state index in [2.05, 4.69) is 46.9 Å². The van der Waals surface area contributed by atoms with Crippen LogP contribution in [0.5, 0.6) is 5.75 Å². The summed E-state index contributed by atoms with van der Waals surface area (Å²) in [4.78, 5) is 11.8. The number of ether oxygens (including phenoxy) is 1. The van der Waals surface area contributed by atoms with Crippen molar-refractivity contribution in [3.05, 3.63) is 59.3 Å². The van der Waals surface area contributed by atoms with E-state index in [0.717, 1.165) is 40.2 Å². The zero-order valence-electron chi connectivity index (χ0n) is 16.9. The maximum absolute atomic E-state index is 11.8. The lowest BCUT2D eigenvalue weighted by Crippen LogP contribution is -2.24. The molecule has 2 heterocycles. The molecule has 150 valence electrons. The summed E-state index contributed by atoms with van der Waals surface area (Å²) in [5, 5.41) is 14.5. The van der Waals surface area contributed by atoms with Gasteiger partial charge in [-0.05, 0) is 38.6 Å². The number of nitrogens with one attached hydrogen (secondary N) is 2. The Kier molecular flexibility index (Phi) is 5.31. The SMILES string of the molecule is CNCC(=O)Nc1cccc(-c2cn([C@@H]3CCOc4c(C)cc(C)cc43)nn2)c1. The van der Waals surface area contributed by atoms with Crippen molar-refractivity contribution in [2.45, 2.75) is 26.3 Å². The van der Waals surface area contributed by atoms with Crippen molar-refractivity contribution in [3.63, 3.8) is 0 Å². The van der Waals surface area contributed by atoms with Crippen molar-refractivity contribution in [2.75, 3.05) is 25.5 Å². The molecule has 0 fully saturated rings. The third kappa shape index (κ3) is 4.00. The minimum Gasteiger partial charge on any atom is -0.493 e. The fraction of sp³-hybridized carbons (Fsp3) is 0.318. The average molecular weight is 391 g/mol. The van der Waals surface area contributed by atoms with Crippen LogP contribution in [0.3, 0.4) is 0 Å². The van der Waals surface area contributed by atoms with E-state index in [1.807, 2.05) is 35.1 Å². The van der Waals surface area contributed by atoms with E-state index < -0.39 is 0 Å². The topological polar surface area (TPSA) is 81.1 Å². The molecule has 4 rings (SSSR count). The van der Waals surface area contributed by atoms with Crippen LogP contribution >= 0.6 is 0 Å². The predicted molar refractivity (Wildman–Crippen MR) is 112 cm³/mol. The van der Waals surface area contributed by atoms with Crippen LogP contribution in [0, 0.1) is 13.8 Å². The number of carbonyl (C=O) groups is 1. The monoisotopic (exact) mass is 391 g/mol. The maximum Gasteiger partial charge on any atom is 0.238 e. The van der Waals surface area contributed by atoms with Crippen molar-refractivity contribution in [3.8, 4) is 17.0 Å². The predicted octanol–water partition coefficient (Wildman–Crippen LogP) is 3.09. The summed E-state index contributed by atoms with van der Waals surface area (Å²) in [5.41, 5.74) is 5.92. The van der Waals surface area contributed by atoms with Gasteiger partial charge < -0.3 is 15.4 Å². The van der Waals surface area contributed by atoms with E-state index in [1.165, 1.54) is 5.56 Å². The number of anilines is 1. The van der Waals surface area contributed by atoms with Crippen LogP contribution in [0.4, 0.5) is 5.69 Å². The number of benzene rings is 2. The van der Waals surface area contributed by atoms with Crippen molar-refractivity contribution < 1.29 is 9.53 Å². The Labute approximate surface area is 170 Å². The first kappa shape index (κ1) is 19.1. The van der Waals surface area contributed by atoms with Crippen LogP contribution in [-0.4, -0.2) is 41.1 Å². The minimum absolute atomic E-state index is 0.0853. The van der Waals surface area contributed by atoms with Gasteiger partial charge in [-0.1, -0.05) is 35.0 Å². The molecular weight excluding hydrogens is 366 g/mol. The molecule has 0 aliphatic carbocycles. The first-order valence-electron chi connectivity index (χ1n) is 9.76. The van der Waals surface area contributed by atoms with Crippen LogP contribution < -0.4 is 15.4 Å². The molecule has 1 amide bonds. The molecule has 1 atom stereocenters. The Morgan fingerprint density at radius 2 is 2.14 bits per heavy atom. The molecule has 0 unspecified atom stereocenters. The zero-order chi connectivity index (χ0) is 20.4. The van der Waals surface area contributed by atoms with Gasteiger partial charge in [-0.3, -0.25) is 4.79 Å². The summed E-state index contributed by atoms with van der Waals surface area (Å²) < 4.78 is 7.84. The molecule has 0 saturated heterocycles. The second kappa shape index (κ2) is 8.05. The first-order valence-corrected chi connectivity index (χ1v) is 9.76. The van der Waals surface area contributed by atoms with E-state index >= 15 is 0 Å². The number of aryl methyl sites for hydroxylation is 2. The maximum atomic E-state index is 11.8. The molecule has 0 saturated carbocycles. The molecule has 1 aromatic heterocycles. The minimum atomic E-state index is -0.0853. The molecule has 0 bridgehead atoms. The summed E-state index contributed by atoms with van der Waals surface area (Å²) >= 11 is 0. The highest BCUT2D eigenvalue weighted by atomic mass is 16.5. The lowest BCUT2D eigenvalue weighted by molar-refractivity contribution is -0.115. The van der Waals surface area contributed by atoms with Crippen LogP contribution in [0.25, 0.3) is 11.3 Å². The van der Waals surface area contributed by atoms with Crippen LogP contribution in [0.1, 0.15) is 29.2 Å². The lowest BCUT2D eigenvalue weighted by atomic mass is 9.96. The van der Waals surface area contributed by atoms with Gasteiger partial charge in [0.05, 0.1) is 25.4 Å². The summed E-state index contributed by atoms with van der Waals surface area (Å²) in [6.07, 6.45) is 2.81. The Morgan fingerprint density at radius 1 is 1.28 bits per heavy atom. The van der Waals surface area contributed by atoms with Gasteiger partial charge in [-0.25, -0.2) is 4.68 Å². The van der Waals surface area contributed by atoms with Gasteiger partial charge >= 0.3 is 0 Å². The van der Waals surface area contributed by atoms with Crippen LogP contribution in [-0.2, 0) is 4.79 Å². The number of amides is 1. The number of hydrogen-bond acceptors (Lipinski definition) is 5. The molecule has 0 radical (unpaired) electrons. The average Bonchev–Trinajstić information content (AvgIpc) is 3.18. The number of rotatable bonds is 5. The van der Waals surface area contributed by atoms with Crippen LogP contribution in [0.2, 0.25) is 0 Å². The molecule has 1 aliphatic rings. The second-order valence-corrected chi connectivity index (χ2v) is 7.40. The summed E-state index contributed by atoms with van der Waals surface area (Å²) in [6, 6.07) is 12.1. The Balaban J connectivity index is 1.61. The Morgan fingerprint density at radius 3 is 2.97 bits per heavy atom. The molecule has 1 aliphatic heterocycles. The molecular formula is C22H25N5O2. The zero-order valence-corrected chi connectivity index (χ0v) is 16.9. The molecule has 0 spiro atoms. The van der Waals surface area contributed by atoms with E-state index in [1.54, 1.807) is 7.05 Å². The van der Waals surface area contributed by atoms with Crippen molar-refractivity contribution >= 4 is 11.6 Å². The highest BCUT2D eigenvalue weighted by molar-refractivity contribution is 5.92. The van der Waals surface area contributed by atoms with E-state index in [-0.39, 0.29) is 18.5 Å². The van der Waals surface area contributed by atoms with Crippen LogP contribution in [0.15, 0.2) is 42.6 Å². The normalized spacial score (nSPS) is 15.5. The third-order valence-electron chi connectivity index (χ3n) is 5.05. The number of fused-ring (bicyclic) bond motifs is 1. The number of aromatic nitrogens is 3. The van der Waals surface area contributed by atoms with Crippen molar-refractivity contribution in [2.24, 2.45) is 0 Å². The van der Waals surface area contributed by atoms with Gasteiger partial charge in [-0.15, -0.1) is 5.10 Å². The number of likely N-dealkylation sites (N-methyl/N-ethyl adjacent to an activating group) is 1. The Hall–Kier alpha value is -3.19. The van der Waals surface area contributed by atoms with Crippen molar-refractivity contribution in [1.29, 1.82) is 0 Å². The fourth-order valence-electron chi connectivity index (χ4n) is 3.82.